The van der Waals surface area contributed by atoms with E-state index in [1.165, 1.54) is 12.0 Å². The van der Waals surface area contributed by atoms with Crippen molar-refractivity contribution in [1.82, 2.24) is 4.90 Å². The van der Waals surface area contributed by atoms with E-state index in [4.69, 9.17) is 18.9 Å². The van der Waals surface area contributed by atoms with Crippen LogP contribution in [0.3, 0.4) is 0 Å². The van der Waals surface area contributed by atoms with Gasteiger partial charge in [0, 0.05) is 25.8 Å². The van der Waals surface area contributed by atoms with Gasteiger partial charge >= 0.3 is 0 Å². The zero-order chi connectivity index (χ0) is 28.0. The number of rotatable bonds is 12. The van der Waals surface area contributed by atoms with Gasteiger partial charge < -0.3 is 29.0 Å². The maximum atomic E-state index is 13.4. The summed E-state index contributed by atoms with van der Waals surface area (Å²) in [4.78, 5) is 28.1. The minimum absolute atomic E-state index is 0.0332. The van der Waals surface area contributed by atoms with Gasteiger partial charge in [0.25, 0.3) is 11.7 Å². The first-order valence-corrected chi connectivity index (χ1v) is 13.0. The van der Waals surface area contributed by atoms with Gasteiger partial charge in [-0.05, 0) is 74.6 Å². The highest BCUT2D eigenvalue weighted by atomic mass is 16.5. The first kappa shape index (κ1) is 29.0. The molecule has 2 aromatic carbocycles. The molecule has 0 bridgehead atoms. The van der Waals surface area contributed by atoms with Crippen LogP contribution in [-0.2, 0) is 14.3 Å². The third-order valence-corrected chi connectivity index (χ3v) is 6.36. The molecule has 1 atom stereocenters. The molecule has 2 aromatic rings. The second-order valence-corrected chi connectivity index (χ2v) is 9.76. The van der Waals surface area contributed by atoms with Crippen LogP contribution < -0.4 is 14.2 Å². The molecule has 0 spiro atoms. The number of carbonyl (C=O) groups is 2. The van der Waals surface area contributed by atoms with Crippen LogP contribution in [0.4, 0.5) is 0 Å². The second kappa shape index (κ2) is 12.8. The van der Waals surface area contributed by atoms with Crippen molar-refractivity contribution in [2.45, 2.75) is 59.1 Å². The lowest BCUT2D eigenvalue weighted by Crippen LogP contribution is -2.31. The van der Waals surface area contributed by atoms with Crippen LogP contribution in [0.15, 0.2) is 42.0 Å². The summed E-state index contributed by atoms with van der Waals surface area (Å²) in [6.45, 7) is 11.0. The molecule has 8 nitrogen and oxygen atoms in total. The van der Waals surface area contributed by atoms with Crippen molar-refractivity contribution in [3.05, 3.63) is 58.7 Å². The van der Waals surface area contributed by atoms with Gasteiger partial charge in [0.05, 0.1) is 31.4 Å². The van der Waals surface area contributed by atoms with E-state index >= 15 is 0 Å². The molecule has 1 unspecified atom stereocenters. The highest BCUT2D eigenvalue weighted by molar-refractivity contribution is 6.46. The highest BCUT2D eigenvalue weighted by Gasteiger charge is 2.46. The smallest absolute Gasteiger partial charge is 0.295 e. The Morgan fingerprint density at radius 1 is 1.00 bits per heavy atom. The van der Waals surface area contributed by atoms with Crippen LogP contribution in [0.25, 0.3) is 5.76 Å². The van der Waals surface area contributed by atoms with E-state index < -0.39 is 17.7 Å². The topological polar surface area (TPSA) is 94.5 Å². The summed E-state index contributed by atoms with van der Waals surface area (Å²) in [6, 6.07) is 9.83. The Balaban J connectivity index is 2.19. The summed E-state index contributed by atoms with van der Waals surface area (Å²) in [7, 11) is 3.12. The van der Waals surface area contributed by atoms with Gasteiger partial charge in [0.2, 0.25) is 0 Å². The second-order valence-electron chi connectivity index (χ2n) is 9.76. The summed E-state index contributed by atoms with van der Waals surface area (Å²) in [5, 5.41) is 11.5. The Morgan fingerprint density at radius 2 is 1.71 bits per heavy atom. The van der Waals surface area contributed by atoms with E-state index in [0.717, 1.165) is 11.3 Å². The average Bonchev–Trinajstić information content (AvgIpc) is 3.13. The molecule has 1 heterocycles. The highest BCUT2D eigenvalue weighted by Crippen LogP contribution is 2.43. The number of ether oxygens (including phenoxy) is 4. The predicted octanol–water partition coefficient (Wildman–Crippen LogP) is 5.46. The normalized spacial score (nSPS) is 17.0. The Morgan fingerprint density at radius 3 is 2.32 bits per heavy atom. The van der Waals surface area contributed by atoms with Crippen LogP contribution in [0, 0.1) is 0 Å². The zero-order valence-corrected chi connectivity index (χ0v) is 23.4. The van der Waals surface area contributed by atoms with Crippen molar-refractivity contribution in [3.8, 4) is 17.2 Å². The van der Waals surface area contributed by atoms with Gasteiger partial charge in [-0.25, -0.2) is 0 Å². The van der Waals surface area contributed by atoms with E-state index in [1.54, 1.807) is 37.4 Å². The van der Waals surface area contributed by atoms with E-state index in [0.29, 0.717) is 42.3 Å². The number of Topliss-reactive ketones (excluding diaryl/α,β-unsaturated/α-hetero) is 1. The van der Waals surface area contributed by atoms with Crippen LogP contribution >= 0.6 is 0 Å². The number of methoxy groups -OCH3 is 2. The number of amides is 1. The molecule has 0 saturated carbocycles. The maximum absolute atomic E-state index is 13.4. The number of hydrogen-bond donors (Lipinski definition) is 1. The van der Waals surface area contributed by atoms with Crippen LogP contribution in [0.2, 0.25) is 0 Å². The summed E-state index contributed by atoms with van der Waals surface area (Å²) in [5.74, 6) is 0.248. The number of ketones is 1. The Bertz CT molecular complexity index is 1190. The lowest BCUT2D eigenvalue weighted by Gasteiger charge is -2.26. The monoisotopic (exact) mass is 525 g/mol. The predicted molar refractivity (Wildman–Crippen MR) is 146 cm³/mol. The summed E-state index contributed by atoms with van der Waals surface area (Å²) >= 11 is 0. The zero-order valence-electron chi connectivity index (χ0n) is 23.4. The van der Waals surface area contributed by atoms with Crippen molar-refractivity contribution < 1.29 is 33.6 Å². The molecule has 0 radical (unpaired) electrons. The molecule has 0 aromatic heterocycles. The van der Waals surface area contributed by atoms with Gasteiger partial charge in [0.1, 0.15) is 11.5 Å². The standard InChI is InChI=1S/C30H39NO7/c1-8-37-23-12-11-21(16-22(23)18(2)3)28(32)26-27(31(14-9-15-35-6)30(34)29(26)33)20-10-13-24(38-19(4)5)25(17-20)36-7/h10-13,16-19,27,32H,8-9,14-15H2,1-7H3/b28-26+. The largest absolute Gasteiger partial charge is 0.507 e. The van der Waals surface area contributed by atoms with E-state index in [-0.39, 0.29) is 29.9 Å². The average molecular weight is 526 g/mol. The van der Waals surface area contributed by atoms with E-state index in [2.05, 4.69) is 0 Å². The third-order valence-electron chi connectivity index (χ3n) is 6.36. The molecule has 1 aliphatic heterocycles. The van der Waals surface area contributed by atoms with Gasteiger partial charge in [-0.15, -0.1) is 0 Å². The lowest BCUT2D eigenvalue weighted by atomic mass is 9.93. The minimum atomic E-state index is -0.803. The fourth-order valence-electron chi connectivity index (χ4n) is 4.63. The molecule has 0 aliphatic carbocycles. The molecule has 206 valence electrons. The van der Waals surface area contributed by atoms with Crippen LogP contribution in [0.5, 0.6) is 17.2 Å². The van der Waals surface area contributed by atoms with Gasteiger partial charge in [-0.3, -0.25) is 9.59 Å². The summed E-state index contributed by atoms with van der Waals surface area (Å²) in [6.07, 6.45) is 0.469. The summed E-state index contributed by atoms with van der Waals surface area (Å²) < 4.78 is 22.3. The fraction of sp³-hybridized carbons (Fsp3) is 0.467. The number of nitrogens with zero attached hydrogens (tertiary/aromatic N) is 1. The lowest BCUT2D eigenvalue weighted by molar-refractivity contribution is -0.140. The number of benzene rings is 2. The van der Waals surface area contributed by atoms with Gasteiger partial charge in [-0.2, -0.15) is 0 Å². The fourth-order valence-corrected chi connectivity index (χ4v) is 4.63. The first-order chi connectivity index (χ1) is 18.1. The molecule has 8 heteroatoms. The van der Waals surface area contributed by atoms with E-state index in [1.807, 2.05) is 40.7 Å². The Hall–Kier alpha value is -3.52. The van der Waals surface area contributed by atoms with Gasteiger partial charge in [-0.1, -0.05) is 19.9 Å². The number of aliphatic hydroxyl groups is 1. The van der Waals surface area contributed by atoms with Crippen LogP contribution in [-0.4, -0.2) is 61.8 Å². The van der Waals surface area contributed by atoms with Gasteiger partial charge in [0.15, 0.2) is 11.5 Å². The molecular weight excluding hydrogens is 486 g/mol. The van der Waals surface area contributed by atoms with Crippen molar-refractivity contribution in [2.75, 3.05) is 34.0 Å². The third kappa shape index (κ3) is 6.13. The number of aliphatic hydroxyl groups excluding tert-OH is 1. The number of hydrogen-bond acceptors (Lipinski definition) is 7. The SMILES string of the molecule is CCOc1ccc(/C(O)=C2\C(=O)C(=O)N(CCCOC)C2c2ccc(OC(C)C)c(OC)c2)cc1C(C)C. The van der Waals surface area contributed by atoms with Crippen molar-refractivity contribution >= 4 is 17.4 Å². The van der Waals surface area contributed by atoms with E-state index in [9.17, 15) is 14.7 Å². The van der Waals surface area contributed by atoms with Crippen molar-refractivity contribution in [1.29, 1.82) is 0 Å². The quantitative estimate of drug-likeness (QED) is 0.170. The first-order valence-electron chi connectivity index (χ1n) is 13.0. The minimum Gasteiger partial charge on any atom is -0.507 e. The molecular formula is C30H39NO7. The van der Waals surface area contributed by atoms with Crippen molar-refractivity contribution in [3.63, 3.8) is 0 Å². The summed E-state index contributed by atoms with van der Waals surface area (Å²) in [5.41, 5.74) is 2.01. The molecule has 1 amide bonds. The molecule has 3 rings (SSSR count). The maximum Gasteiger partial charge on any atom is 0.295 e. The van der Waals surface area contributed by atoms with Crippen LogP contribution in [0.1, 0.15) is 69.7 Å². The Kier molecular flexibility index (Phi) is 9.80. The molecule has 1 fully saturated rings. The van der Waals surface area contributed by atoms with Crippen molar-refractivity contribution in [2.24, 2.45) is 0 Å². The Labute approximate surface area is 225 Å². The number of carbonyl (C=O) groups excluding carboxylic acids is 2. The molecule has 1 N–H and O–H groups in total. The molecule has 1 saturated heterocycles. The molecule has 1 aliphatic rings. The molecule has 38 heavy (non-hydrogen) atoms. The number of likely N-dealkylation sites (tertiary alicyclic amines) is 1.